The molecule has 8 nitrogen and oxygen atoms in total. The van der Waals surface area contributed by atoms with Gasteiger partial charge in [0, 0.05) is 31.2 Å². The average Bonchev–Trinajstić information content (AvgIpc) is 3.32. The van der Waals surface area contributed by atoms with E-state index in [1.807, 2.05) is 61.0 Å². The number of esters is 1. The Bertz CT molecular complexity index is 1520. The minimum Gasteiger partial charge on any atom is -0.454 e. The van der Waals surface area contributed by atoms with Crippen LogP contribution in [0.15, 0.2) is 53.5 Å². The van der Waals surface area contributed by atoms with E-state index >= 15 is 0 Å². The predicted octanol–water partition coefficient (Wildman–Crippen LogP) is 2.74. The second-order valence-electron chi connectivity index (χ2n) is 7.38. The van der Waals surface area contributed by atoms with Crippen LogP contribution in [0, 0.1) is 6.92 Å². The van der Waals surface area contributed by atoms with Gasteiger partial charge in [0.2, 0.25) is 5.78 Å². The minimum absolute atomic E-state index is 0.0651. The molecule has 0 fully saturated rings. The molecule has 8 heteroatoms. The zero-order valence-electron chi connectivity index (χ0n) is 16.8. The second-order valence-corrected chi connectivity index (χ2v) is 7.38. The van der Waals surface area contributed by atoms with Gasteiger partial charge in [-0.1, -0.05) is 29.8 Å². The van der Waals surface area contributed by atoms with Crippen molar-refractivity contribution in [2.45, 2.75) is 13.5 Å². The van der Waals surface area contributed by atoms with E-state index in [2.05, 4.69) is 10.2 Å². The fourth-order valence-corrected chi connectivity index (χ4v) is 3.86. The highest BCUT2D eigenvalue weighted by atomic mass is 16.5. The van der Waals surface area contributed by atoms with E-state index in [9.17, 15) is 9.59 Å². The highest BCUT2D eigenvalue weighted by Gasteiger charge is 2.19. The molecule has 0 amide bonds. The third-order valence-electron chi connectivity index (χ3n) is 5.39. The van der Waals surface area contributed by atoms with Gasteiger partial charge in [-0.3, -0.25) is 13.8 Å². The standard InChI is InChI=1S/C22H19N5O3/c1-13-8-9-18-15(10-13)20(28)26(3)22-24-23-19(27(18)22)12-30-21(29)16-11-25(2)17-7-5-4-6-14(16)17/h4-11H,12H2,1-3H3. The van der Waals surface area contributed by atoms with E-state index in [1.54, 1.807) is 17.6 Å². The molecule has 3 aromatic heterocycles. The third-order valence-corrected chi connectivity index (χ3v) is 5.39. The van der Waals surface area contributed by atoms with Gasteiger partial charge in [-0.2, -0.15) is 0 Å². The number of para-hydroxylation sites is 1. The van der Waals surface area contributed by atoms with Gasteiger partial charge in [0.25, 0.3) is 5.56 Å². The summed E-state index contributed by atoms with van der Waals surface area (Å²) in [5, 5.41) is 9.70. The van der Waals surface area contributed by atoms with Crippen molar-refractivity contribution >= 4 is 33.6 Å². The smallest absolute Gasteiger partial charge is 0.340 e. The Balaban J connectivity index is 1.55. The monoisotopic (exact) mass is 401 g/mol. The zero-order valence-corrected chi connectivity index (χ0v) is 16.8. The lowest BCUT2D eigenvalue weighted by Crippen LogP contribution is -2.20. The van der Waals surface area contributed by atoms with Crippen LogP contribution < -0.4 is 5.56 Å². The Morgan fingerprint density at radius 2 is 1.83 bits per heavy atom. The van der Waals surface area contributed by atoms with Crippen LogP contribution in [0.3, 0.4) is 0 Å². The first-order valence-electron chi connectivity index (χ1n) is 9.50. The summed E-state index contributed by atoms with van der Waals surface area (Å²) in [6, 6.07) is 13.3. The Kier molecular flexibility index (Phi) is 3.95. The number of nitrogens with zero attached hydrogens (tertiary/aromatic N) is 5. The molecule has 5 rings (SSSR count). The van der Waals surface area contributed by atoms with Crippen molar-refractivity contribution in [2.75, 3.05) is 0 Å². The Morgan fingerprint density at radius 3 is 2.67 bits per heavy atom. The summed E-state index contributed by atoms with van der Waals surface area (Å²) in [4.78, 5) is 25.5. The Labute approximate surface area is 170 Å². The van der Waals surface area contributed by atoms with Gasteiger partial charge in [-0.05, 0) is 25.1 Å². The van der Waals surface area contributed by atoms with Gasteiger partial charge in [0.1, 0.15) is 0 Å². The van der Waals surface area contributed by atoms with Crippen LogP contribution in [-0.2, 0) is 25.4 Å². The maximum absolute atomic E-state index is 12.8. The molecule has 0 atom stereocenters. The molecule has 0 spiro atoms. The molecule has 0 radical (unpaired) electrons. The van der Waals surface area contributed by atoms with Crippen LogP contribution in [-0.4, -0.2) is 29.7 Å². The molecule has 0 aliphatic rings. The van der Waals surface area contributed by atoms with Crippen molar-refractivity contribution in [3.8, 4) is 0 Å². The van der Waals surface area contributed by atoms with Crippen LogP contribution in [0.25, 0.3) is 27.6 Å². The minimum atomic E-state index is -0.437. The van der Waals surface area contributed by atoms with Crippen molar-refractivity contribution in [2.24, 2.45) is 14.1 Å². The van der Waals surface area contributed by atoms with E-state index in [4.69, 9.17) is 4.74 Å². The number of ether oxygens (including phenoxy) is 1. The molecule has 0 bridgehead atoms. The fraction of sp³-hybridized carbons (Fsp3) is 0.182. The van der Waals surface area contributed by atoms with Crippen LogP contribution in [0.2, 0.25) is 0 Å². The molecule has 2 aromatic carbocycles. The Morgan fingerprint density at radius 1 is 1.03 bits per heavy atom. The number of benzene rings is 2. The number of rotatable bonds is 3. The number of aryl methyl sites for hydroxylation is 3. The molecule has 5 aromatic rings. The first-order valence-corrected chi connectivity index (χ1v) is 9.50. The molecule has 0 N–H and O–H groups in total. The number of hydrogen-bond acceptors (Lipinski definition) is 5. The van der Waals surface area contributed by atoms with Gasteiger partial charge < -0.3 is 9.30 Å². The van der Waals surface area contributed by atoms with Crippen LogP contribution in [0.4, 0.5) is 0 Å². The second kappa shape index (κ2) is 6.55. The summed E-state index contributed by atoms with van der Waals surface area (Å²) in [6.07, 6.45) is 1.76. The maximum atomic E-state index is 12.8. The average molecular weight is 401 g/mol. The van der Waals surface area contributed by atoms with Crippen molar-refractivity contribution in [1.29, 1.82) is 0 Å². The van der Waals surface area contributed by atoms with Gasteiger partial charge >= 0.3 is 5.97 Å². The van der Waals surface area contributed by atoms with Gasteiger partial charge in [0.15, 0.2) is 12.4 Å². The summed E-state index contributed by atoms with van der Waals surface area (Å²) in [5.41, 5.74) is 2.97. The summed E-state index contributed by atoms with van der Waals surface area (Å²) in [5.74, 6) is 0.407. The maximum Gasteiger partial charge on any atom is 0.340 e. The quantitative estimate of drug-likeness (QED) is 0.434. The predicted molar refractivity (Wildman–Crippen MR) is 113 cm³/mol. The highest BCUT2D eigenvalue weighted by molar-refractivity contribution is 6.04. The van der Waals surface area contributed by atoms with Crippen molar-refractivity contribution in [3.05, 3.63) is 76.0 Å². The molecule has 0 aliphatic carbocycles. The lowest BCUT2D eigenvalue weighted by molar-refractivity contribution is 0.0463. The van der Waals surface area contributed by atoms with Crippen LogP contribution in [0.1, 0.15) is 21.7 Å². The molecule has 3 heterocycles. The first-order chi connectivity index (χ1) is 14.5. The largest absolute Gasteiger partial charge is 0.454 e. The van der Waals surface area contributed by atoms with Gasteiger partial charge in [0.05, 0.1) is 16.5 Å². The van der Waals surface area contributed by atoms with Crippen molar-refractivity contribution < 1.29 is 9.53 Å². The number of aromatic nitrogens is 5. The number of carbonyl (C=O) groups excluding carboxylic acids is 1. The molecule has 150 valence electrons. The van der Waals surface area contributed by atoms with Crippen LogP contribution >= 0.6 is 0 Å². The topological polar surface area (TPSA) is 83.4 Å². The summed E-state index contributed by atoms with van der Waals surface area (Å²) >= 11 is 0. The summed E-state index contributed by atoms with van der Waals surface area (Å²) in [7, 11) is 3.54. The van der Waals surface area contributed by atoms with E-state index in [0.717, 1.165) is 16.5 Å². The van der Waals surface area contributed by atoms with Crippen molar-refractivity contribution in [3.63, 3.8) is 0 Å². The van der Waals surface area contributed by atoms with Gasteiger partial charge in [-0.15, -0.1) is 10.2 Å². The lowest BCUT2D eigenvalue weighted by atomic mass is 10.1. The summed E-state index contributed by atoms with van der Waals surface area (Å²) < 4.78 is 10.7. The number of fused-ring (bicyclic) bond motifs is 4. The van der Waals surface area contributed by atoms with Crippen molar-refractivity contribution in [1.82, 2.24) is 23.7 Å². The summed E-state index contributed by atoms with van der Waals surface area (Å²) in [6.45, 7) is 1.87. The molecule has 0 aliphatic heterocycles. The first kappa shape index (κ1) is 18.1. The molecule has 0 unspecified atom stereocenters. The van der Waals surface area contributed by atoms with E-state index in [1.165, 1.54) is 4.57 Å². The fourth-order valence-electron chi connectivity index (χ4n) is 3.86. The normalized spacial score (nSPS) is 11.6. The SMILES string of the molecule is Cc1ccc2c(c1)c(=O)n(C)c1nnc(COC(=O)c3cn(C)c4ccccc34)n21. The third kappa shape index (κ3) is 2.61. The van der Waals surface area contributed by atoms with Crippen LogP contribution in [0.5, 0.6) is 0 Å². The van der Waals surface area contributed by atoms with E-state index in [0.29, 0.717) is 28.1 Å². The van der Waals surface area contributed by atoms with Gasteiger partial charge in [-0.25, -0.2) is 4.79 Å². The number of carbonyl (C=O) groups is 1. The van der Waals surface area contributed by atoms with E-state index < -0.39 is 5.97 Å². The molecular formula is C22H19N5O3. The van der Waals surface area contributed by atoms with E-state index in [-0.39, 0.29) is 12.2 Å². The molecule has 30 heavy (non-hydrogen) atoms. The molecule has 0 saturated carbocycles. The Hall–Kier alpha value is -3.94. The zero-order chi connectivity index (χ0) is 21.0. The molecular weight excluding hydrogens is 382 g/mol. The highest BCUT2D eigenvalue weighted by Crippen LogP contribution is 2.22. The number of hydrogen-bond donors (Lipinski definition) is 0. The molecule has 0 saturated heterocycles. The lowest BCUT2D eigenvalue weighted by Gasteiger charge is -2.09.